The molecule has 0 saturated carbocycles. The van der Waals surface area contributed by atoms with Gasteiger partial charge in [0.25, 0.3) is 0 Å². The Labute approximate surface area is 145 Å². The van der Waals surface area contributed by atoms with E-state index in [0.29, 0.717) is 12.2 Å². The summed E-state index contributed by atoms with van der Waals surface area (Å²) in [5, 5.41) is 0. The summed E-state index contributed by atoms with van der Waals surface area (Å²) >= 11 is 0. The van der Waals surface area contributed by atoms with E-state index in [2.05, 4.69) is 58.0 Å². The van der Waals surface area contributed by atoms with Gasteiger partial charge >= 0.3 is 7.12 Å². The lowest BCUT2D eigenvalue weighted by Gasteiger charge is -2.32. The first-order valence-corrected chi connectivity index (χ1v) is 9.12. The minimum absolute atomic E-state index is 0.276. The van der Waals surface area contributed by atoms with Gasteiger partial charge in [-0.2, -0.15) is 0 Å². The van der Waals surface area contributed by atoms with Crippen molar-refractivity contribution in [2.75, 3.05) is 0 Å². The highest BCUT2D eigenvalue weighted by Gasteiger charge is 2.51. The smallest absolute Gasteiger partial charge is 0.399 e. The lowest BCUT2D eigenvalue weighted by atomic mass is 9.78. The van der Waals surface area contributed by atoms with Crippen molar-refractivity contribution < 1.29 is 14.0 Å². The molecule has 128 valence electrons. The van der Waals surface area contributed by atoms with Crippen LogP contribution in [0.15, 0.2) is 35.9 Å². The van der Waals surface area contributed by atoms with Crippen LogP contribution in [0.2, 0.25) is 0 Å². The van der Waals surface area contributed by atoms with Gasteiger partial charge in [-0.05, 0) is 64.4 Å². The maximum absolute atomic E-state index is 6.13. The number of benzene rings is 1. The summed E-state index contributed by atoms with van der Waals surface area (Å²) in [5.41, 5.74) is 3.39. The topological polar surface area (TPSA) is 27.7 Å². The van der Waals surface area contributed by atoms with Crippen LogP contribution >= 0.6 is 0 Å². The Bertz CT molecular complexity index is 631. The molecule has 3 nitrogen and oxygen atoms in total. The maximum Gasteiger partial charge on any atom is 0.494 e. The van der Waals surface area contributed by atoms with Crippen molar-refractivity contribution in [3.63, 3.8) is 0 Å². The highest BCUT2D eigenvalue weighted by molar-refractivity contribution is 6.62. The SMILES string of the molecule is CC1(C)OB(c2ccc(CC3=CC4CCC(C3)O4)cc2)OC1(C)C. The summed E-state index contributed by atoms with van der Waals surface area (Å²) in [6.07, 6.45) is 7.68. The minimum atomic E-state index is -0.289. The van der Waals surface area contributed by atoms with E-state index in [1.54, 1.807) is 0 Å². The lowest BCUT2D eigenvalue weighted by molar-refractivity contribution is 0.00578. The Balaban J connectivity index is 1.44. The van der Waals surface area contributed by atoms with E-state index in [4.69, 9.17) is 14.0 Å². The summed E-state index contributed by atoms with van der Waals surface area (Å²) in [5.74, 6) is 0. The highest BCUT2D eigenvalue weighted by atomic mass is 16.7. The lowest BCUT2D eigenvalue weighted by Crippen LogP contribution is -2.41. The largest absolute Gasteiger partial charge is 0.494 e. The van der Waals surface area contributed by atoms with Gasteiger partial charge in [0.2, 0.25) is 0 Å². The van der Waals surface area contributed by atoms with Crippen LogP contribution in [0.1, 0.15) is 52.5 Å². The Morgan fingerprint density at radius 2 is 1.67 bits per heavy atom. The van der Waals surface area contributed by atoms with Crippen molar-refractivity contribution in [1.29, 1.82) is 0 Å². The van der Waals surface area contributed by atoms with Crippen LogP contribution in [0.4, 0.5) is 0 Å². The highest BCUT2D eigenvalue weighted by Crippen LogP contribution is 2.36. The van der Waals surface area contributed by atoms with Crippen LogP contribution in [-0.2, 0) is 20.5 Å². The molecule has 0 radical (unpaired) electrons. The molecule has 4 rings (SSSR count). The molecule has 0 N–H and O–H groups in total. The van der Waals surface area contributed by atoms with Gasteiger partial charge in [0.1, 0.15) is 0 Å². The second-order valence-corrected chi connectivity index (χ2v) is 8.41. The Morgan fingerprint density at radius 3 is 2.29 bits per heavy atom. The van der Waals surface area contributed by atoms with Gasteiger partial charge in [-0.25, -0.2) is 0 Å². The van der Waals surface area contributed by atoms with Crippen LogP contribution in [0.25, 0.3) is 0 Å². The van der Waals surface area contributed by atoms with Gasteiger partial charge in [-0.3, -0.25) is 0 Å². The monoisotopic (exact) mass is 326 g/mol. The molecule has 2 bridgehead atoms. The molecule has 3 heterocycles. The molecule has 1 aromatic rings. The van der Waals surface area contributed by atoms with Crippen molar-refractivity contribution in [2.45, 2.75) is 76.8 Å². The maximum atomic E-state index is 6.13. The molecule has 2 unspecified atom stereocenters. The first-order valence-electron chi connectivity index (χ1n) is 9.12. The van der Waals surface area contributed by atoms with Crippen LogP contribution in [0.3, 0.4) is 0 Å². The zero-order valence-electron chi connectivity index (χ0n) is 15.2. The van der Waals surface area contributed by atoms with E-state index >= 15 is 0 Å². The van der Waals surface area contributed by atoms with Gasteiger partial charge in [0, 0.05) is 0 Å². The average Bonchev–Trinajstić information content (AvgIpc) is 2.96. The first kappa shape index (κ1) is 16.4. The summed E-state index contributed by atoms with van der Waals surface area (Å²) < 4.78 is 18.1. The third-order valence-corrected chi connectivity index (χ3v) is 5.99. The van der Waals surface area contributed by atoms with E-state index in [9.17, 15) is 0 Å². The predicted octanol–water partition coefficient (Wildman–Crippen LogP) is 3.41. The van der Waals surface area contributed by atoms with E-state index in [0.717, 1.165) is 18.3 Å². The molecule has 0 amide bonds. The van der Waals surface area contributed by atoms with E-state index in [-0.39, 0.29) is 18.3 Å². The van der Waals surface area contributed by atoms with Gasteiger partial charge < -0.3 is 14.0 Å². The molecule has 0 aliphatic carbocycles. The number of hydrogen-bond donors (Lipinski definition) is 0. The van der Waals surface area contributed by atoms with Gasteiger partial charge in [0.05, 0.1) is 23.4 Å². The molecule has 2 saturated heterocycles. The van der Waals surface area contributed by atoms with Crippen molar-refractivity contribution in [3.8, 4) is 0 Å². The predicted molar refractivity (Wildman–Crippen MR) is 96.5 cm³/mol. The molecule has 0 aromatic heterocycles. The fourth-order valence-electron chi connectivity index (χ4n) is 3.79. The molecular formula is C20H27BO3. The van der Waals surface area contributed by atoms with Gasteiger partial charge in [-0.15, -0.1) is 0 Å². The molecule has 4 heteroatoms. The Morgan fingerprint density at radius 1 is 1.00 bits per heavy atom. The van der Waals surface area contributed by atoms with E-state index in [1.807, 2.05) is 0 Å². The number of ether oxygens (including phenoxy) is 1. The van der Waals surface area contributed by atoms with Crippen molar-refractivity contribution in [2.24, 2.45) is 0 Å². The first-order chi connectivity index (χ1) is 11.3. The molecular weight excluding hydrogens is 299 g/mol. The van der Waals surface area contributed by atoms with Crippen LogP contribution in [0, 0.1) is 0 Å². The summed E-state index contributed by atoms with van der Waals surface area (Å²) in [4.78, 5) is 0. The third-order valence-electron chi connectivity index (χ3n) is 5.99. The molecule has 24 heavy (non-hydrogen) atoms. The molecule has 3 aliphatic rings. The van der Waals surface area contributed by atoms with Crippen molar-refractivity contribution >= 4 is 12.6 Å². The number of hydrogen-bond acceptors (Lipinski definition) is 3. The van der Waals surface area contributed by atoms with Crippen LogP contribution < -0.4 is 5.46 Å². The zero-order chi connectivity index (χ0) is 16.9. The normalized spacial score (nSPS) is 30.5. The molecule has 2 fully saturated rings. The zero-order valence-corrected chi connectivity index (χ0v) is 15.2. The van der Waals surface area contributed by atoms with Crippen LogP contribution in [0.5, 0.6) is 0 Å². The summed E-state index contributed by atoms with van der Waals surface area (Å²) in [6, 6.07) is 8.70. The fraction of sp³-hybridized carbons (Fsp3) is 0.600. The molecule has 0 spiro atoms. The van der Waals surface area contributed by atoms with Crippen molar-refractivity contribution in [1.82, 2.24) is 0 Å². The fourth-order valence-corrected chi connectivity index (χ4v) is 3.79. The number of rotatable bonds is 3. The Kier molecular flexibility index (Phi) is 3.90. The minimum Gasteiger partial charge on any atom is -0.399 e. The second kappa shape index (κ2) is 5.72. The van der Waals surface area contributed by atoms with Crippen molar-refractivity contribution in [3.05, 3.63) is 41.5 Å². The van der Waals surface area contributed by atoms with Crippen LogP contribution in [-0.4, -0.2) is 30.5 Å². The average molecular weight is 326 g/mol. The second-order valence-electron chi connectivity index (χ2n) is 8.41. The van der Waals surface area contributed by atoms with Gasteiger partial charge in [0.15, 0.2) is 0 Å². The Hall–Kier alpha value is -1.10. The van der Waals surface area contributed by atoms with Gasteiger partial charge in [-0.1, -0.05) is 35.9 Å². The third kappa shape index (κ3) is 2.96. The number of fused-ring (bicyclic) bond motifs is 2. The standard InChI is InChI=1S/C20H27BO3/c1-19(2)20(3,4)24-21(23-19)16-7-5-14(6-8-16)11-15-12-17-9-10-18(13-15)22-17/h5-8,12,17-18H,9-11,13H2,1-4H3. The molecule has 2 atom stereocenters. The van der Waals surface area contributed by atoms with E-state index in [1.165, 1.54) is 24.0 Å². The summed E-state index contributed by atoms with van der Waals surface area (Å²) in [7, 11) is -0.276. The quantitative estimate of drug-likeness (QED) is 0.629. The van der Waals surface area contributed by atoms with E-state index < -0.39 is 0 Å². The summed E-state index contributed by atoms with van der Waals surface area (Å²) in [6.45, 7) is 8.36. The molecule has 3 aliphatic heterocycles. The molecule has 1 aromatic carbocycles.